The smallest absolute Gasteiger partial charge is 0.122 e. The number of benzene rings is 1. The van der Waals surface area contributed by atoms with Gasteiger partial charge >= 0.3 is 0 Å². The predicted molar refractivity (Wildman–Crippen MR) is 81.6 cm³/mol. The summed E-state index contributed by atoms with van der Waals surface area (Å²) in [5.41, 5.74) is 8.54. The van der Waals surface area contributed by atoms with Gasteiger partial charge in [0, 0.05) is 6.04 Å². The Morgan fingerprint density at radius 2 is 1.95 bits per heavy atom. The molecule has 1 rings (SSSR count). The van der Waals surface area contributed by atoms with Crippen molar-refractivity contribution in [1.29, 1.82) is 0 Å². The average Bonchev–Trinajstić information content (AvgIpc) is 2.37. The molecule has 3 nitrogen and oxygen atoms in total. The second-order valence-corrected chi connectivity index (χ2v) is 5.98. The number of nitrogens with two attached hydrogens (primary N) is 1. The van der Waals surface area contributed by atoms with Crippen LogP contribution in [0.15, 0.2) is 18.2 Å². The van der Waals surface area contributed by atoms with Crippen molar-refractivity contribution in [3.8, 4) is 5.75 Å². The van der Waals surface area contributed by atoms with Crippen molar-refractivity contribution >= 4 is 0 Å². The van der Waals surface area contributed by atoms with E-state index in [4.69, 9.17) is 10.5 Å². The van der Waals surface area contributed by atoms with E-state index < -0.39 is 0 Å². The number of rotatable bonds is 6. The number of hydrogen-bond acceptors (Lipinski definition) is 3. The molecule has 0 saturated heterocycles. The van der Waals surface area contributed by atoms with Gasteiger partial charge in [-0.3, -0.25) is 0 Å². The Labute approximate surface area is 117 Å². The topological polar surface area (TPSA) is 38.5 Å². The molecule has 0 spiro atoms. The van der Waals surface area contributed by atoms with Gasteiger partial charge in [-0.05, 0) is 49.7 Å². The zero-order valence-corrected chi connectivity index (χ0v) is 13.2. The fourth-order valence-corrected chi connectivity index (χ4v) is 2.80. The monoisotopic (exact) mass is 264 g/mol. The highest BCUT2D eigenvalue weighted by molar-refractivity contribution is 5.39. The second kappa shape index (κ2) is 6.40. The van der Waals surface area contributed by atoms with Gasteiger partial charge in [0.15, 0.2) is 0 Å². The van der Waals surface area contributed by atoms with Crippen molar-refractivity contribution < 1.29 is 4.74 Å². The van der Waals surface area contributed by atoms with Crippen LogP contribution in [0, 0.1) is 5.41 Å². The van der Waals surface area contributed by atoms with Gasteiger partial charge in [-0.1, -0.05) is 32.9 Å². The van der Waals surface area contributed by atoms with Crippen molar-refractivity contribution in [3.05, 3.63) is 29.3 Å². The number of nitrogens with zero attached hydrogens (tertiary/aromatic N) is 1. The zero-order chi connectivity index (χ0) is 14.6. The first kappa shape index (κ1) is 16.0. The molecule has 1 atom stereocenters. The van der Waals surface area contributed by atoms with Crippen LogP contribution in [-0.4, -0.2) is 32.6 Å². The highest BCUT2D eigenvalue weighted by Gasteiger charge is 2.31. The molecule has 0 heterocycles. The molecule has 1 aromatic rings. The fraction of sp³-hybridized carbons (Fsp3) is 0.625. The highest BCUT2D eigenvalue weighted by Crippen LogP contribution is 2.37. The van der Waals surface area contributed by atoms with Crippen LogP contribution in [0.25, 0.3) is 0 Å². The van der Waals surface area contributed by atoms with E-state index in [1.165, 1.54) is 11.1 Å². The minimum absolute atomic E-state index is 0.0309. The second-order valence-electron chi connectivity index (χ2n) is 5.98. The predicted octanol–water partition coefficient (Wildman–Crippen LogP) is 2.85. The van der Waals surface area contributed by atoms with E-state index in [9.17, 15) is 0 Å². The van der Waals surface area contributed by atoms with E-state index in [0.29, 0.717) is 12.6 Å². The van der Waals surface area contributed by atoms with E-state index in [1.54, 1.807) is 7.11 Å². The molecule has 2 N–H and O–H groups in total. The van der Waals surface area contributed by atoms with Gasteiger partial charge in [0.25, 0.3) is 0 Å². The summed E-state index contributed by atoms with van der Waals surface area (Å²) in [4.78, 5) is 2.24. The molecule has 108 valence electrons. The Hall–Kier alpha value is -1.06. The number of ether oxygens (including phenoxy) is 1. The van der Waals surface area contributed by atoms with Crippen molar-refractivity contribution in [3.63, 3.8) is 0 Å². The van der Waals surface area contributed by atoms with Crippen LogP contribution >= 0.6 is 0 Å². The first-order valence-corrected chi connectivity index (χ1v) is 6.90. The SMILES string of the molecule is CCc1cc(C(N(C)C)C(C)(C)CN)ccc1OC. The lowest BCUT2D eigenvalue weighted by Gasteiger charge is -2.38. The lowest BCUT2D eigenvalue weighted by atomic mass is 9.79. The van der Waals surface area contributed by atoms with Gasteiger partial charge in [0.1, 0.15) is 5.75 Å². The van der Waals surface area contributed by atoms with Crippen LogP contribution in [-0.2, 0) is 6.42 Å². The summed E-state index contributed by atoms with van der Waals surface area (Å²) >= 11 is 0. The van der Waals surface area contributed by atoms with Crippen molar-refractivity contribution in [1.82, 2.24) is 4.90 Å². The van der Waals surface area contributed by atoms with Crippen molar-refractivity contribution in [2.75, 3.05) is 27.7 Å². The standard InChI is InChI=1S/C16H28N2O/c1-7-12-10-13(8-9-14(12)19-6)15(18(4)5)16(2,3)11-17/h8-10,15H,7,11,17H2,1-6H3. The maximum absolute atomic E-state index is 5.96. The first-order chi connectivity index (χ1) is 8.87. The largest absolute Gasteiger partial charge is 0.496 e. The molecule has 1 unspecified atom stereocenters. The summed E-state index contributed by atoms with van der Waals surface area (Å²) in [5.74, 6) is 0.967. The molecule has 0 aliphatic heterocycles. The summed E-state index contributed by atoms with van der Waals surface area (Å²) in [6.45, 7) is 7.24. The van der Waals surface area contributed by atoms with Crippen LogP contribution in [0.5, 0.6) is 5.75 Å². The Bertz CT molecular complexity index is 413. The summed E-state index contributed by atoms with van der Waals surface area (Å²) in [7, 11) is 5.94. The lowest BCUT2D eigenvalue weighted by Crippen LogP contribution is -2.38. The maximum Gasteiger partial charge on any atom is 0.122 e. The Balaban J connectivity index is 3.25. The van der Waals surface area contributed by atoms with Crippen LogP contribution in [0.3, 0.4) is 0 Å². The lowest BCUT2D eigenvalue weighted by molar-refractivity contribution is 0.143. The number of methoxy groups -OCH3 is 1. The zero-order valence-electron chi connectivity index (χ0n) is 13.2. The summed E-state index contributed by atoms with van der Waals surface area (Å²) in [6, 6.07) is 6.77. The van der Waals surface area contributed by atoms with E-state index in [0.717, 1.165) is 12.2 Å². The van der Waals surface area contributed by atoms with Gasteiger partial charge in [0.2, 0.25) is 0 Å². The Morgan fingerprint density at radius 3 is 2.37 bits per heavy atom. The third-order valence-corrected chi connectivity index (χ3v) is 3.78. The highest BCUT2D eigenvalue weighted by atomic mass is 16.5. The maximum atomic E-state index is 5.96. The van der Waals surface area contributed by atoms with Crippen LogP contribution in [0.2, 0.25) is 0 Å². The molecule has 0 radical (unpaired) electrons. The Morgan fingerprint density at radius 1 is 1.32 bits per heavy atom. The van der Waals surface area contributed by atoms with Crippen molar-refractivity contribution in [2.45, 2.75) is 33.2 Å². The van der Waals surface area contributed by atoms with Crippen molar-refractivity contribution in [2.24, 2.45) is 11.1 Å². The van der Waals surface area contributed by atoms with Gasteiger partial charge in [-0.2, -0.15) is 0 Å². The van der Waals surface area contributed by atoms with Crippen LogP contribution in [0.4, 0.5) is 0 Å². The summed E-state index contributed by atoms with van der Waals surface area (Å²) in [5, 5.41) is 0. The molecule has 0 saturated carbocycles. The molecule has 0 aliphatic rings. The average molecular weight is 264 g/mol. The van der Waals surface area contributed by atoms with Gasteiger partial charge in [-0.15, -0.1) is 0 Å². The minimum Gasteiger partial charge on any atom is -0.496 e. The molecule has 0 fully saturated rings. The van der Waals surface area contributed by atoms with Crippen LogP contribution in [0.1, 0.15) is 37.9 Å². The minimum atomic E-state index is 0.0309. The molecule has 19 heavy (non-hydrogen) atoms. The molecule has 0 aliphatic carbocycles. The van der Waals surface area contributed by atoms with Crippen LogP contribution < -0.4 is 10.5 Å². The van der Waals surface area contributed by atoms with E-state index in [2.05, 4.69) is 58.0 Å². The Kier molecular flexibility index (Phi) is 5.39. The third kappa shape index (κ3) is 3.48. The molecule has 0 bridgehead atoms. The molecular weight excluding hydrogens is 236 g/mol. The van der Waals surface area contributed by atoms with E-state index in [1.807, 2.05) is 0 Å². The molecule has 0 amide bonds. The van der Waals surface area contributed by atoms with Gasteiger partial charge < -0.3 is 15.4 Å². The first-order valence-electron chi connectivity index (χ1n) is 6.90. The molecule has 3 heteroatoms. The van der Waals surface area contributed by atoms with E-state index >= 15 is 0 Å². The fourth-order valence-electron chi connectivity index (χ4n) is 2.80. The third-order valence-electron chi connectivity index (χ3n) is 3.78. The quantitative estimate of drug-likeness (QED) is 0.858. The number of hydrogen-bond donors (Lipinski definition) is 1. The van der Waals surface area contributed by atoms with E-state index in [-0.39, 0.29) is 5.41 Å². The molecule has 1 aromatic carbocycles. The normalized spacial score (nSPS) is 13.7. The molecule has 0 aromatic heterocycles. The van der Waals surface area contributed by atoms with Gasteiger partial charge in [0.05, 0.1) is 7.11 Å². The summed E-state index contributed by atoms with van der Waals surface area (Å²) in [6.07, 6.45) is 0.972. The number of aryl methyl sites for hydroxylation is 1. The molecular formula is C16H28N2O. The summed E-state index contributed by atoms with van der Waals surface area (Å²) < 4.78 is 5.41. The van der Waals surface area contributed by atoms with Gasteiger partial charge in [-0.25, -0.2) is 0 Å².